The summed E-state index contributed by atoms with van der Waals surface area (Å²) in [6.45, 7) is 2.01. The van der Waals surface area contributed by atoms with E-state index in [-0.39, 0.29) is 18.2 Å². The van der Waals surface area contributed by atoms with E-state index in [2.05, 4.69) is 16.0 Å². The Balaban J connectivity index is 1.25. The standard InChI is InChI=1S/C42H38ClN3O5S2/c1-2-51-42(50)36-33-22-10-5-11-23-35(33)53-41(36)46-40(49)37(28-15-6-3-7-16-28)52-32-21-13-20-31(26-32)44-39(48)34(25-27-14-12-19-30(43)24-27)45-38(47)29-17-8-4-9-18-29/h3-4,6-9,12-21,24-26,37H,2,5,10-11,22-23H2,1H3,(H,44,48)(H,45,47)(H,46,49)/b34-25-. The Morgan fingerprint density at radius 3 is 2.34 bits per heavy atom. The van der Waals surface area contributed by atoms with E-state index in [1.54, 1.807) is 85.8 Å². The number of hydrogen-bond donors (Lipinski definition) is 3. The van der Waals surface area contributed by atoms with Gasteiger partial charge in [0.2, 0.25) is 5.91 Å². The molecule has 0 bridgehead atoms. The molecular formula is C42H38ClN3O5S2. The number of benzene rings is 4. The highest BCUT2D eigenvalue weighted by Gasteiger charge is 2.29. The van der Waals surface area contributed by atoms with E-state index in [1.165, 1.54) is 23.1 Å². The summed E-state index contributed by atoms with van der Waals surface area (Å²) in [7, 11) is 0. The van der Waals surface area contributed by atoms with E-state index < -0.39 is 23.0 Å². The van der Waals surface area contributed by atoms with Crippen molar-refractivity contribution in [2.24, 2.45) is 0 Å². The molecule has 1 heterocycles. The summed E-state index contributed by atoms with van der Waals surface area (Å²) in [5.41, 5.74) is 3.73. The van der Waals surface area contributed by atoms with E-state index in [1.807, 2.05) is 36.4 Å². The molecule has 4 aromatic carbocycles. The fraction of sp³-hybridized carbons (Fsp3) is 0.190. The van der Waals surface area contributed by atoms with Crippen LogP contribution < -0.4 is 16.0 Å². The smallest absolute Gasteiger partial charge is 0.341 e. The van der Waals surface area contributed by atoms with Crippen molar-refractivity contribution in [2.75, 3.05) is 17.2 Å². The average molecular weight is 764 g/mol. The van der Waals surface area contributed by atoms with Crippen LogP contribution in [0.5, 0.6) is 0 Å². The molecule has 0 spiro atoms. The Labute approximate surface area is 322 Å². The van der Waals surface area contributed by atoms with Crippen LogP contribution >= 0.6 is 34.7 Å². The van der Waals surface area contributed by atoms with Crippen molar-refractivity contribution in [3.63, 3.8) is 0 Å². The van der Waals surface area contributed by atoms with Gasteiger partial charge in [0.05, 0.1) is 12.2 Å². The van der Waals surface area contributed by atoms with Crippen molar-refractivity contribution in [3.05, 3.63) is 153 Å². The van der Waals surface area contributed by atoms with E-state index in [9.17, 15) is 19.2 Å². The number of amides is 3. The molecule has 1 unspecified atom stereocenters. The number of nitrogens with one attached hydrogen (secondary N) is 3. The Morgan fingerprint density at radius 1 is 0.849 bits per heavy atom. The Morgan fingerprint density at radius 2 is 1.58 bits per heavy atom. The second-order valence-corrected chi connectivity index (χ2v) is 15.0. The first-order valence-corrected chi connectivity index (χ1v) is 19.5. The molecule has 0 fully saturated rings. The first-order valence-electron chi connectivity index (χ1n) is 17.4. The summed E-state index contributed by atoms with van der Waals surface area (Å²) in [4.78, 5) is 56.1. The van der Waals surface area contributed by atoms with Crippen LogP contribution in [0.1, 0.15) is 73.7 Å². The molecule has 11 heteroatoms. The number of anilines is 2. The van der Waals surface area contributed by atoms with Crippen molar-refractivity contribution in [1.29, 1.82) is 0 Å². The van der Waals surface area contributed by atoms with Crippen LogP contribution in [0.3, 0.4) is 0 Å². The molecule has 6 rings (SSSR count). The number of thiophene rings is 1. The van der Waals surface area contributed by atoms with E-state index in [0.29, 0.717) is 37.3 Å². The number of rotatable bonds is 12. The van der Waals surface area contributed by atoms with Crippen molar-refractivity contribution < 1.29 is 23.9 Å². The third-order valence-corrected chi connectivity index (χ3v) is 11.2. The van der Waals surface area contributed by atoms with Crippen LogP contribution in [0.25, 0.3) is 6.08 Å². The van der Waals surface area contributed by atoms with Gasteiger partial charge >= 0.3 is 5.97 Å². The first kappa shape index (κ1) is 37.6. The van der Waals surface area contributed by atoms with Gasteiger partial charge in [-0.3, -0.25) is 14.4 Å². The molecule has 1 atom stereocenters. The largest absolute Gasteiger partial charge is 0.462 e. The lowest BCUT2D eigenvalue weighted by Gasteiger charge is -2.18. The summed E-state index contributed by atoms with van der Waals surface area (Å²) in [5.74, 6) is -1.69. The maximum atomic E-state index is 14.2. The molecule has 0 radical (unpaired) electrons. The molecule has 5 aromatic rings. The van der Waals surface area contributed by atoms with Crippen molar-refractivity contribution in [2.45, 2.75) is 49.2 Å². The minimum Gasteiger partial charge on any atom is -0.462 e. The maximum absolute atomic E-state index is 14.2. The fourth-order valence-corrected chi connectivity index (χ4v) is 8.58. The topological polar surface area (TPSA) is 114 Å². The summed E-state index contributed by atoms with van der Waals surface area (Å²) < 4.78 is 5.44. The molecule has 0 aliphatic heterocycles. The van der Waals surface area contributed by atoms with Gasteiger partial charge < -0.3 is 20.7 Å². The molecule has 3 N–H and O–H groups in total. The highest BCUT2D eigenvalue weighted by Crippen LogP contribution is 2.41. The molecule has 270 valence electrons. The third kappa shape index (κ3) is 9.84. The van der Waals surface area contributed by atoms with Crippen molar-refractivity contribution in [1.82, 2.24) is 5.32 Å². The summed E-state index contributed by atoms with van der Waals surface area (Å²) in [6, 6.07) is 32.2. The second-order valence-electron chi connectivity index (χ2n) is 12.3. The molecule has 0 saturated carbocycles. The number of halogens is 1. The third-order valence-electron chi connectivity index (χ3n) is 8.51. The second kappa shape index (κ2) is 18.1. The van der Waals surface area contributed by atoms with E-state index in [4.69, 9.17) is 16.3 Å². The number of carbonyl (C=O) groups is 4. The Hall–Kier alpha value is -5.16. The zero-order valence-electron chi connectivity index (χ0n) is 29.0. The van der Waals surface area contributed by atoms with Gasteiger partial charge in [0.1, 0.15) is 15.9 Å². The van der Waals surface area contributed by atoms with Gasteiger partial charge in [0, 0.05) is 26.0 Å². The van der Waals surface area contributed by atoms with E-state index >= 15 is 0 Å². The minimum atomic E-state index is -0.692. The maximum Gasteiger partial charge on any atom is 0.341 e. The van der Waals surface area contributed by atoms with Crippen molar-refractivity contribution in [3.8, 4) is 0 Å². The molecule has 3 amide bonds. The molecular weight excluding hydrogens is 726 g/mol. The SMILES string of the molecule is CCOC(=O)c1c(NC(=O)C(Sc2cccc(NC(=O)/C(=C/c3cccc(Cl)c3)NC(=O)c3ccccc3)c2)c2ccccc2)sc2c1CCCCC2. The lowest BCUT2D eigenvalue weighted by atomic mass is 10.1. The number of ether oxygens (including phenoxy) is 1. The molecule has 8 nitrogen and oxygen atoms in total. The summed E-state index contributed by atoms with van der Waals surface area (Å²) >= 11 is 8.99. The normalized spacial score (nSPS) is 13.2. The molecule has 53 heavy (non-hydrogen) atoms. The summed E-state index contributed by atoms with van der Waals surface area (Å²) in [5, 5.41) is 9.05. The Kier molecular flexibility index (Phi) is 12.8. The number of thioether (sulfide) groups is 1. The highest BCUT2D eigenvalue weighted by molar-refractivity contribution is 8.00. The number of aryl methyl sites for hydroxylation is 1. The van der Waals surface area contributed by atoms with Crippen LogP contribution in [0.2, 0.25) is 5.02 Å². The van der Waals surface area contributed by atoms with Crippen LogP contribution in [0.4, 0.5) is 10.7 Å². The van der Waals surface area contributed by atoms with Gasteiger partial charge in [-0.15, -0.1) is 23.1 Å². The van der Waals surface area contributed by atoms with Gasteiger partial charge in [-0.1, -0.05) is 84.8 Å². The zero-order chi connectivity index (χ0) is 37.2. The van der Waals surface area contributed by atoms with Crippen LogP contribution in [-0.2, 0) is 27.2 Å². The molecule has 1 aliphatic rings. The predicted molar refractivity (Wildman–Crippen MR) is 214 cm³/mol. The minimum absolute atomic E-state index is 0.0208. The van der Waals surface area contributed by atoms with Gasteiger partial charge in [-0.05, 0) is 97.8 Å². The number of fused-ring (bicyclic) bond motifs is 1. The quantitative estimate of drug-likeness (QED) is 0.0505. The first-order chi connectivity index (χ1) is 25.8. The van der Waals surface area contributed by atoms with E-state index in [0.717, 1.165) is 48.1 Å². The Bertz CT molecular complexity index is 2140. The molecule has 1 aromatic heterocycles. The molecule has 0 saturated heterocycles. The number of hydrogen-bond acceptors (Lipinski definition) is 7. The van der Waals surface area contributed by atoms with Gasteiger partial charge in [-0.25, -0.2) is 4.79 Å². The van der Waals surface area contributed by atoms with Gasteiger partial charge in [-0.2, -0.15) is 0 Å². The van der Waals surface area contributed by atoms with Crippen molar-refractivity contribution >= 4 is 75.2 Å². The lowest BCUT2D eigenvalue weighted by molar-refractivity contribution is -0.116. The van der Waals surface area contributed by atoms with Crippen LogP contribution in [-0.4, -0.2) is 30.3 Å². The molecule has 1 aliphatic carbocycles. The highest BCUT2D eigenvalue weighted by atomic mass is 35.5. The number of carbonyl (C=O) groups excluding carboxylic acids is 4. The number of esters is 1. The fourth-order valence-electron chi connectivity index (χ4n) is 6.02. The monoisotopic (exact) mass is 763 g/mol. The van der Waals surface area contributed by atoms with Crippen LogP contribution in [0.15, 0.2) is 120 Å². The van der Waals surface area contributed by atoms with Crippen LogP contribution in [0, 0.1) is 0 Å². The van der Waals surface area contributed by atoms with Gasteiger partial charge in [0.25, 0.3) is 11.8 Å². The predicted octanol–water partition coefficient (Wildman–Crippen LogP) is 9.73. The lowest BCUT2D eigenvalue weighted by Crippen LogP contribution is -2.30. The average Bonchev–Trinajstić information content (AvgIpc) is 3.33. The zero-order valence-corrected chi connectivity index (χ0v) is 31.4. The summed E-state index contributed by atoms with van der Waals surface area (Å²) in [6.07, 6.45) is 6.32. The van der Waals surface area contributed by atoms with Gasteiger partial charge in [0.15, 0.2) is 0 Å².